The Morgan fingerprint density at radius 2 is 0.796 bits per heavy atom. The maximum absolute atomic E-state index is 13.3. The van der Waals surface area contributed by atoms with Gasteiger partial charge in [-0.25, -0.2) is 9.59 Å². The maximum Gasteiger partial charge on any atom is 0.407 e. The summed E-state index contributed by atoms with van der Waals surface area (Å²) < 4.78 is 16.1. The summed E-state index contributed by atoms with van der Waals surface area (Å²) in [6.07, 6.45) is -1.18. The van der Waals surface area contributed by atoms with Crippen molar-refractivity contribution in [1.29, 1.82) is 0 Å². The number of carbonyl (C=O) groups is 4. The summed E-state index contributed by atoms with van der Waals surface area (Å²) in [6, 6.07) is 37.6. The van der Waals surface area contributed by atoms with Gasteiger partial charge in [-0.2, -0.15) is 0 Å². The molecule has 0 aliphatic rings. The van der Waals surface area contributed by atoms with Gasteiger partial charge in [0, 0.05) is 39.3 Å². The fourth-order valence-electron chi connectivity index (χ4n) is 4.73. The van der Waals surface area contributed by atoms with Crippen LogP contribution >= 0.6 is 0 Å². The molecule has 4 amide bonds. The van der Waals surface area contributed by atoms with Gasteiger partial charge >= 0.3 is 12.2 Å². The summed E-state index contributed by atoms with van der Waals surface area (Å²) >= 11 is 0. The van der Waals surface area contributed by atoms with Crippen LogP contribution in [0, 0.1) is 0 Å². The molecule has 0 spiro atoms. The molecule has 2 N–H and O–H groups in total. The summed E-state index contributed by atoms with van der Waals surface area (Å²) in [6.45, 7) is 0.935. The quantitative estimate of drug-likeness (QED) is 0.155. The van der Waals surface area contributed by atoms with E-state index in [9.17, 15) is 19.2 Å². The van der Waals surface area contributed by atoms with Gasteiger partial charge in [-0.3, -0.25) is 9.59 Å². The normalized spacial score (nSPS) is 10.4. The smallest absolute Gasteiger partial charge is 0.407 e. The molecule has 0 saturated carbocycles. The molecule has 0 saturated heterocycles. The Morgan fingerprint density at radius 3 is 1.14 bits per heavy atom. The van der Waals surface area contributed by atoms with E-state index in [-0.39, 0.29) is 64.4 Å². The highest BCUT2D eigenvalue weighted by atomic mass is 16.6. The number of hydrogen-bond donors (Lipinski definition) is 2. The third kappa shape index (κ3) is 13.9. The van der Waals surface area contributed by atoms with Gasteiger partial charge in [-0.15, -0.1) is 0 Å². The van der Waals surface area contributed by atoms with Gasteiger partial charge < -0.3 is 34.6 Å². The van der Waals surface area contributed by atoms with Crippen LogP contribution in [0.1, 0.15) is 22.3 Å². The fraction of sp³-hybridized carbons (Fsp3) is 0.263. The first kappa shape index (κ1) is 36.2. The highest BCUT2D eigenvalue weighted by Crippen LogP contribution is 2.08. The molecular formula is C38H42N4O7. The van der Waals surface area contributed by atoms with Crippen molar-refractivity contribution in [2.75, 3.05) is 39.4 Å². The molecule has 0 atom stereocenters. The zero-order valence-electron chi connectivity index (χ0n) is 27.4. The van der Waals surface area contributed by atoms with Crippen molar-refractivity contribution in [3.63, 3.8) is 0 Å². The van der Waals surface area contributed by atoms with Gasteiger partial charge in [0.05, 0.1) is 0 Å². The average Bonchev–Trinajstić information content (AvgIpc) is 3.14. The molecule has 4 rings (SSSR count). The molecule has 0 aliphatic heterocycles. The Morgan fingerprint density at radius 1 is 0.469 bits per heavy atom. The summed E-state index contributed by atoms with van der Waals surface area (Å²) in [5, 5.41) is 5.37. The molecule has 256 valence electrons. The van der Waals surface area contributed by atoms with Gasteiger partial charge in [0.15, 0.2) is 0 Å². The number of hydrogen-bond acceptors (Lipinski definition) is 7. The summed E-state index contributed by atoms with van der Waals surface area (Å²) in [5.74, 6) is -0.679. The lowest BCUT2D eigenvalue weighted by atomic mass is 10.2. The van der Waals surface area contributed by atoms with Gasteiger partial charge in [0.1, 0.15) is 26.4 Å². The van der Waals surface area contributed by atoms with E-state index >= 15 is 0 Å². The molecule has 0 bridgehead atoms. The number of amides is 4. The highest BCUT2D eigenvalue weighted by molar-refractivity contribution is 5.80. The van der Waals surface area contributed by atoms with E-state index < -0.39 is 12.2 Å². The Bertz CT molecular complexity index is 1460. The van der Waals surface area contributed by atoms with E-state index in [1.54, 1.807) is 9.80 Å². The Balaban J connectivity index is 1.25. The molecule has 11 heteroatoms. The standard InChI is InChI=1S/C38H42N4O7/c43-35(41(25-31-13-5-1-6-14-31)23-21-39-37(45)48-27-33-17-9-3-10-18-33)29-47-30-36(44)42(26-32-15-7-2-8-16-32)24-22-40-38(46)49-28-34-19-11-4-12-20-34/h1-20H,21-30H2,(H,39,45)(H,40,46). The molecule has 0 aromatic heterocycles. The third-order valence-electron chi connectivity index (χ3n) is 7.32. The van der Waals surface area contributed by atoms with Crippen LogP contribution in [0.3, 0.4) is 0 Å². The van der Waals surface area contributed by atoms with Crippen molar-refractivity contribution in [2.45, 2.75) is 26.3 Å². The number of nitrogens with one attached hydrogen (secondary N) is 2. The van der Waals surface area contributed by atoms with Crippen LogP contribution in [0.2, 0.25) is 0 Å². The molecule has 4 aromatic carbocycles. The number of carbonyl (C=O) groups excluding carboxylic acids is 4. The monoisotopic (exact) mass is 666 g/mol. The first-order valence-corrected chi connectivity index (χ1v) is 16.1. The van der Waals surface area contributed by atoms with Crippen LogP contribution in [-0.4, -0.2) is 73.2 Å². The molecule has 0 radical (unpaired) electrons. The van der Waals surface area contributed by atoms with E-state index in [1.807, 2.05) is 121 Å². The molecule has 0 aliphatic carbocycles. The SMILES string of the molecule is O=C(NCCN(Cc1ccccc1)C(=O)COCC(=O)N(CCNC(=O)OCc1ccccc1)Cc1ccccc1)OCc1ccccc1. The maximum atomic E-state index is 13.3. The lowest BCUT2D eigenvalue weighted by molar-refractivity contribution is -0.142. The summed E-state index contributed by atoms with van der Waals surface area (Å²) in [5.41, 5.74) is 3.54. The van der Waals surface area contributed by atoms with E-state index in [4.69, 9.17) is 14.2 Å². The van der Waals surface area contributed by atoms with Crippen molar-refractivity contribution < 1.29 is 33.4 Å². The van der Waals surface area contributed by atoms with Crippen molar-refractivity contribution in [1.82, 2.24) is 20.4 Å². The van der Waals surface area contributed by atoms with Crippen LogP contribution in [0.4, 0.5) is 9.59 Å². The first-order chi connectivity index (χ1) is 24.0. The molecule has 0 heterocycles. The fourth-order valence-corrected chi connectivity index (χ4v) is 4.73. The second-order valence-corrected chi connectivity index (χ2v) is 11.1. The largest absolute Gasteiger partial charge is 0.445 e. The minimum atomic E-state index is -0.588. The summed E-state index contributed by atoms with van der Waals surface area (Å²) in [4.78, 5) is 54.1. The van der Waals surface area contributed by atoms with Crippen LogP contribution in [0.5, 0.6) is 0 Å². The number of nitrogens with zero attached hydrogens (tertiary/aromatic N) is 2. The minimum absolute atomic E-state index is 0.136. The number of alkyl carbamates (subject to hydrolysis) is 2. The molecule has 0 unspecified atom stereocenters. The topological polar surface area (TPSA) is 127 Å². The van der Waals surface area contributed by atoms with Gasteiger partial charge in [-0.05, 0) is 22.3 Å². The zero-order valence-corrected chi connectivity index (χ0v) is 27.4. The van der Waals surface area contributed by atoms with Crippen LogP contribution in [-0.2, 0) is 50.1 Å². The van der Waals surface area contributed by atoms with Crippen LogP contribution in [0.15, 0.2) is 121 Å². The Kier molecular flexibility index (Phi) is 15.2. The van der Waals surface area contributed by atoms with Crippen LogP contribution < -0.4 is 10.6 Å². The molecule has 49 heavy (non-hydrogen) atoms. The van der Waals surface area contributed by atoms with Gasteiger partial charge in [0.2, 0.25) is 11.8 Å². The second-order valence-electron chi connectivity index (χ2n) is 11.1. The van der Waals surface area contributed by atoms with Crippen LogP contribution in [0.25, 0.3) is 0 Å². The molecule has 0 fully saturated rings. The zero-order chi connectivity index (χ0) is 34.5. The minimum Gasteiger partial charge on any atom is -0.445 e. The van der Waals surface area contributed by atoms with Crippen molar-refractivity contribution in [3.8, 4) is 0 Å². The Labute approximate surface area is 286 Å². The van der Waals surface area contributed by atoms with E-state index in [1.165, 1.54) is 0 Å². The predicted octanol–water partition coefficient (Wildman–Crippen LogP) is 4.91. The second kappa shape index (κ2) is 20.5. The molecule has 4 aromatic rings. The lowest BCUT2D eigenvalue weighted by Gasteiger charge is -2.25. The molecular weight excluding hydrogens is 624 g/mol. The van der Waals surface area contributed by atoms with Gasteiger partial charge in [0.25, 0.3) is 0 Å². The number of ether oxygens (including phenoxy) is 3. The van der Waals surface area contributed by atoms with Gasteiger partial charge in [-0.1, -0.05) is 121 Å². The predicted molar refractivity (Wildman–Crippen MR) is 184 cm³/mol. The number of rotatable bonds is 18. The first-order valence-electron chi connectivity index (χ1n) is 16.1. The van der Waals surface area contributed by atoms with E-state index in [0.717, 1.165) is 22.3 Å². The average molecular weight is 667 g/mol. The molecule has 11 nitrogen and oxygen atoms in total. The Hall–Kier alpha value is -5.68. The van der Waals surface area contributed by atoms with Crippen molar-refractivity contribution >= 4 is 24.0 Å². The van der Waals surface area contributed by atoms with E-state index in [0.29, 0.717) is 13.1 Å². The van der Waals surface area contributed by atoms with E-state index in [2.05, 4.69) is 10.6 Å². The van der Waals surface area contributed by atoms with Crippen molar-refractivity contribution in [3.05, 3.63) is 144 Å². The highest BCUT2D eigenvalue weighted by Gasteiger charge is 2.19. The summed E-state index contributed by atoms with van der Waals surface area (Å²) in [7, 11) is 0. The third-order valence-corrected chi connectivity index (χ3v) is 7.32. The number of benzene rings is 4. The van der Waals surface area contributed by atoms with Crippen molar-refractivity contribution in [2.24, 2.45) is 0 Å². The lowest BCUT2D eigenvalue weighted by Crippen LogP contribution is -2.42.